The van der Waals surface area contributed by atoms with Crippen LogP contribution in [0.1, 0.15) is 47.4 Å². The Labute approximate surface area is 158 Å². The first kappa shape index (κ1) is 19.6. The van der Waals surface area contributed by atoms with Crippen molar-refractivity contribution in [3.05, 3.63) is 45.7 Å². The number of aliphatic hydroxyl groups excluding tert-OH is 1. The molecule has 0 radical (unpaired) electrons. The summed E-state index contributed by atoms with van der Waals surface area (Å²) >= 11 is 0. The van der Waals surface area contributed by atoms with E-state index in [0.29, 0.717) is 6.42 Å². The highest BCUT2D eigenvalue weighted by atomic mass is 16.4. The zero-order chi connectivity index (χ0) is 21.2. The molecule has 0 amide bonds. The van der Waals surface area contributed by atoms with Gasteiger partial charge in [0.2, 0.25) is 5.78 Å². The van der Waals surface area contributed by atoms with Gasteiger partial charge in [-0.2, -0.15) is 0 Å². The Kier molecular flexibility index (Phi) is 4.14. The molecule has 0 saturated carbocycles. The van der Waals surface area contributed by atoms with Crippen molar-refractivity contribution in [3.8, 4) is 11.5 Å². The molecule has 1 unspecified atom stereocenters. The van der Waals surface area contributed by atoms with E-state index in [0.717, 1.165) is 19.1 Å². The van der Waals surface area contributed by atoms with Crippen LogP contribution in [0.4, 0.5) is 0 Å². The largest absolute Gasteiger partial charge is 0.508 e. The molecule has 148 valence electrons. The van der Waals surface area contributed by atoms with Crippen LogP contribution in [0.25, 0.3) is 0 Å². The van der Waals surface area contributed by atoms with Gasteiger partial charge in [-0.15, -0.1) is 0 Å². The SMILES string of the molecule is CCCC1=C2C(=O)c3cc(O)cc(O)c3C(=O)C2=C(O)[C@@](O)(C(=O)O)C1(C)O. The molecule has 2 aliphatic rings. The van der Waals surface area contributed by atoms with Crippen LogP contribution in [0.15, 0.2) is 34.6 Å². The average molecular weight is 390 g/mol. The van der Waals surface area contributed by atoms with Gasteiger partial charge in [0.25, 0.3) is 5.60 Å². The van der Waals surface area contributed by atoms with E-state index in [2.05, 4.69) is 0 Å². The number of aromatic hydroxyl groups is 2. The second kappa shape index (κ2) is 5.91. The minimum absolute atomic E-state index is 0.0617. The zero-order valence-corrected chi connectivity index (χ0v) is 15.0. The molecule has 3 rings (SSSR count). The lowest BCUT2D eigenvalue weighted by Gasteiger charge is -2.44. The summed E-state index contributed by atoms with van der Waals surface area (Å²) in [6.07, 6.45) is 0.256. The number of allylic oxidation sites excluding steroid dienone is 2. The van der Waals surface area contributed by atoms with Crippen molar-refractivity contribution in [2.24, 2.45) is 0 Å². The van der Waals surface area contributed by atoms with Gasteiger partial charge in [-0.25, -0.2) is 4.79 Å². The molecule has 2 atom stereocenters. The van der Waals surface area contributed by atoms with Crippen LogP contribution in [0.5, 0.6) is 11.5 Å². The third-order valence-electron chi connectivity index (χ3n) is 5.26. The van der Waals surface area contributed by atoms with E-state index in [1.165, 1.54) is 0 Å². The van der Waals surface area contributed by atoms with Gasteiger partial charge in [0.1, 0.15) is 17.1 Å². The molecule has 0 bridgehead atoms. The molecule has 0 fully saturated rings. The van der Waals surface area contributed by atoms with Crippen LogP contribution < -0.4 is 0 Å². The molecule has 1 aromatic rings. The predicted octanol–water partition coefficient (Wildman–Crippen LogP) is 0.966. The molecule has 28 heavy (non-hydrogen) atoms. The van der Waals surface area contributed by atoms with Gasteiger partial charge in [-0.05, 0) is 25.0 Å². The van der Waals surface area contributed by atoms with Gasteiger partial charge in [-0.1, -0.05) is 13.3 Å². The first-order valence-corrected chi connectivity index (χ1v) is 8.42. The van der Waals surface area contributed by atoms with Crippen molar-refractivity contribution < 1.29 is 45.0 Å². The van der Waals surface area contributed by atoms with Crippen LogP contribution in [-0.2, 0) is 4.79 Å². The van der Waals surface area contributed by atoms with Crippen LogP contribution in [-0.4, -0.2) is 59.4 Å². The fourth-order valence-electron chi connectivity index (χ4n) is 3.83. The van der Waals surface area contributed by atoms with Crippen LogP contribution >= 0.6 is 0 Å². The third-order valence-corrected chi connectivity index (χ3v) is 5.26. The van der Waals surface area contributed by atoms with Gasteiger partial charge in [0, 0.05) is 17.2 Å². The topological polar surface area (TPSA) is 173 Å². The minimum atomic E-state index is -3.28. The Morgan fingerprint density at radius 3 is 2.18 bits per heavy atom. The van der Waals surface area contributed by atoms with E-state index in [1.807, 2.05) is 0 Å². The van der Waals surface area contributed by atoms with Crippen molar-refractivity contribution in [3.63, 3.8) is 0 Å². The van der Waals surface area contributed by atoms with E-state index >= 15 is 0 Å². The van der Waals surface area contributed by atoms with Crippen LogP contribution in [0, 0.1) is 0 Å². The molecular formula is C19H18O9. The second-order valence-electron chi connectivity index (χ2n) is 6.96. The van der Waals surface area contributed by atoms with Gasteiger partial charge < -0.3 is 30.6 Å². The summed E-state index contributed by atoms with van der Waals surface area (Å²) in [5.41, 5.74) is -8.27. The predicted molar refractivity (Wildman–Crippen MR) is 93.2 cm³/mol. The molecule has 9 nitrogen and oxygen atoms in total. The quantitative estimate of drug-likeness (QED) is 0.439. The number of hydrogen-bond acceptors (Lipinski definition) is 8. The number of aliphatic carboxylic acids is 1. The zero-order valence-electron chi connectivity index (χ0n) is 15.0. The number of hydrogen-bond donors (Lipinski definition) is 6. The highest BCUT2D eigenvalue weighted by molar-refractivity contribution is 6.33. The summed E-state index contributed by atoms with van der Waals surface area (Å²) in [5, 5.41) is 61.3. The van der Waals surface area contributed by atoms with Crippen molar-refractivity contribution in [1.82, 2.24) is 0 Å². The van der Waals surface area contributed by atoms with Crippen molar-refractivity contribution in [2.45, 2.75) is 37.9 Å². The summed E-state index contributed by atoms with van der Waals surface area (Å²) in [5.74, 6) is -6.66. The maximum absolute atomic E-state index is 13.1. The number of benzene rings is 1. The maximum atomic E-state index is 13.1. The number of carbonyl (C=O) groups excluding carboxylic acids is 2. The maximum Gasteiger partial charge on any atom is 0.347 e. The number of rotatable bonds is 3. The molecule has 0 aliphatic heterocycles. The lowest BCUT2D eigenvalue weighted by atomic mass is 9.64. The Balaban J connectivity index is 2.51. The Hall–Kier alpha value is -3.17. The van der Waals surface area contributed by atoms with Crippen LogP contribution in [0.3, 0.4) is 0 Å². The number of ketones is 2. The average Bonchev–Trinajstić information content (AvgIpc) is 2.59. The number of Topliss-reactive ketones (excluding diaryl/α,β-unsaturated/α-hetero) is 2. The standard InChI is InChI=1S/C19H18O9/c1-3-4-9-12-13(16(24)19(28,17(25)26)18(9,2)27)15(23)11-8(14(12)22)5-7(20)6-10(11)21/h5-6,20-21,24,27-28H,3-4H2,1-2H3,(H,25,26)/t18?,19-/m1/s1. The first-order chi connectivity index (χ1) is 12.9. The first-order valence-electron chi connectivity index (χ1n) is 8.42. The summed E-state index contributed by atoms with van der Waals surface area (Å²) in [4.78, 5) is 37.8. The molecule has 1 aromatic carbocycles. The summed E-state index contributed by atoms with van der Waals surface area (Å²) in [6, 6.07) is 1.76. The summed E-state index contributed by atoms with van der Waals surface area (Å²) in [7, 11) is 0. The Morgan fingerprint density at radius 1 is 1.04 bits per heavy atom. The van der Waals surface area contributed by atoms with E-state index in [1.54, 1.807) is 6.92 Å². The summed E-state index contributed by atoms with van der Waals surface area (Å²) in [6.45, 7) is 2.60. The molecule has 0 heterocycles. The van der Waals surface area contributed by atoms with E-state index in [-0.39, 0.29) is 17.6 Å². The molecule has 0 spiro atoms. The Bertz CT molecular complexity index is 1010. The number of carboxylic acids is 1. The number of carboxylic acid groups (broad SMARTS) is 1. The highest BCUT2D eigenvalue weighted by Gasteiger charge is 2.63. The molecule has 2 aliphatic carbocycles. The fraction of sp³-hybridized carbons (Fsp3) is 0.316. The van der Waals surface area contributed by atoms with Gasteiger partial charge >= 0.3 is 5.97 Å². The molecule has 6 N–H and O–H groups in total. The number of carbonyl (C=O) groups is 3. The van der Waals surface area contributed by atoms with Gasteiger partial charge in [-0.3, -0.25) is 9.59 Å². The minimum Gasteiger partial charge on any atom is -0.508 e. The van der Waals surface area contributed by atoms with E-state index in [9.17, 15) is 45.0 Å². The lowest BCUT2D eigenvalue weighted by Crippen LogP contribution is -2.63. The fourth-order valence-corrected chi connectivity index (χ4v) is 3.83. The number of aliphatic hydroxyl groups is 3. The van der Waals surface area contributed by atoms with E-state index in [4.69, 9.17) is 0 Å². The normalized spacial score (nSPS) is 27.0. The smallest absolute Gasteiger partial charge is 0.347 e. The number of fused-ring (bicyclic) bond motifs is 2. The van der Waals surface area contributed by atoms with Crippen molar-refractivity contribution in [2.75, 3.05) is 0 Å². The highest BCUT2D eigenvalue weighted by Crippen LogP contribution is 2.50. The number of phenols is 2. The molecule has 9 heteroatoms. The van der Waals surface area contributed by atoms with Gasteiger partial charge in [0.15, 0.2) is 11.5 Å². The molecule has 0 aromatic heterocycles. The van der Waals surface area contributed by atoms with Crippen molar-refractivity contribution >= 4 is 17.5 Å². The summed E-state index contributed by atoms with van der Waals surface area (Å²) < 4.78 is 0. The van der Waals surface area contributed by atoms with Crippen molar-refractivity contribution in [1.29, 1.82) is 0 Å². The van der Waals surface area contributed by atoms with E-state index < -0.39 is 62.7 Å². The van der Waals surface area contributed by atoms with Crippen LogP contribution in [0.2, 0.25) is 0 Å². The Morgan fingerprint density at radius 2 is 1.64 bits per heavy atom. The lowest BCUT2D eigenvalue weighted by molar-refractivity contribution is -0.181. The monoisotopic (exact) mass is 390 g/mol. The second-order valence-corrected chi connectivity index (χ2v) is 6.96. The molecular weight excluding hydrogens is 372 g/mol. The molecule has 0 saturated heterocycles. The number of phenolic OH excluding ortho intramolecular Hbond substituents is 2. The third kappa shape index (κ3) is 2.17. The van der Waals surface area contributed by atoms with Gasteiger partial charge in [0.05, 0.1) is 11.1 Å².